The molecule has 1 N–H and O–H groups in total. The SMILES string of the molecule is CCOc1ccc(NC(=O)N2CCN(c3nc4ccccc4nc3C(F)(F)F)CC2)cc1. The lowest BCUT2D eigenvalue weighted by molar-refractivity contribution is -0.140. The van der Waals surface area contributed by atoms with Gasteiger partial charge in [0.1, 0.15) is 5.75 Å². The number of anilines is 2. The average Bonchev–Trinajstić information content (AvgIpc) is 2.79. The molecule has 0 aliphatic carbocycles. The highest BCUT2D eigenvalue weighted by Crippen LogP contribution is 2.35. The van der Waals surface area contributed by atoms with E-state index < -0.39 is 11.9 Å². The van der Waals surface area contributed by atoms with Gasteiger partial charge < -0.3 is 19.9 Å². The molecule has 1 aliphatic heterocycles. The molecule has 10 heteroatoms. The maximum absolute atomic E-state index is 13.6. The Morgan fingerprint density at radius 1 is 1.00 bits per heavy atom. The highest BCUT2D eigenvalue weighted by atomic mass is 19.4. The van der Waals surface area contributed by atoms with Crippen molar-refractivity contribution >= 4 is 28.6 Å². The molecular formula is C22H22F3N5O2. The number of fused-ring (bicyclic) bond motifs is 1. The van der Waals surface area contributed by atoms with Crippen LogP contribution in [0.25, 0.3) is 11.0 Å². The van der Waals surface area contributed by atoms with E-state index in [0.717, 1.165) is 0 Å². The number of carbonyl (C=O) groups is 1. The van der Waals surface area contributed by atoms with Gasteiger partial charge in [-0.15, -0.1) is 0 Å². The normalized spacial score (nSPS) is 14.5. The molecule has 32 heavy (non-hydrogen) atoms. The number of aromatic nitrogens is 2. The van der Waals surface area contributed by atoms with Gasteiger partial charge in [-0.2, -0.15) is 13.2 Å². The summed E-state index contributed by atoms with van der Waals surface area (Å²) in [6.07, 6.45) is -4.63. The van der Waals surface area contributed by atoms with Gasteiger partial charge in [-0.25, -0.2) is 14.8 Å². The molecule has 1 fully saturated rings. The fourth-order valence-corrected chi connectivity index (χ4v) is 3.53. The third-order valence-corrected chi connectivity index (χ3v) is 5.10. The summed E-state index contributed by atoms with van der Waals surface area (Å²) in [5, 5.41) is 2.80. The standard InChI is InChI=1S/C22H22F3N5O2/c1-2-32-16-9-7-15(8-10-16)26-21(31)30-13-11-29(12-14-30)20-19(22(23,24)25)27-17-5-3-4-6-18(17)28-20/h3-10H,2,11-14H2,1H3,(H,26,31). The van der Waals surface area contributed by atoms with Gasteiger partial charge in [0.2, 0.25) is 0 Å². The molecule has 2 amide bonds. The van der Waals surface area contributed by atoms with Crippen LogP contribution in [0.15, 0.2) is 48.5 Å². The summed E-state index contributed by atoms with van der Waals surface area (Å²) in [6.45, 7) is 3.38. The fourth-order valence-electron chi connectivity index (χ4n) is 3.53. The third-order valence-electron chi connectivity index (χ3n) is 5.10. The van der Waals surface area contributed by atoms with E-state index in [2.05, 4.69) is 15.3 Å². The van der Waals surface area contributed by atoms with Gasteiger partial charge in [-0.05, 0) is 43.3 Å². The number of amides is 2. The van der Waals surface area contributed by atoms with Gasteiger partial charge in [0.15, 0.2) is 11.5 Å². The Kier molecular flexibility index (Phi) is 6.02. The van der Waals surface area contributed by atoms with Crippen LogP contribution in [-0.4, -0.2) is 53.7 Å². The summed E-state index contributed by atoms with van der Waals surface area (Å²) in [7, 11) is 0. The van der Waals surface area contributed by atoms with Crippen molar-refractivity contribution in [2.24, 2.45) is 0 Å². The number of para-hydroxylation sites is 2. The van der Waals surface area contributed by atoms with Crippen LogP contribution in [0.4, 0.5) is 29.5 Å². The maximum Gasteiger partial charge on any atom is 0.437 e. The third kappa shape index (κ3) is 4.68. The van der Waals surface area contributed by atoms with Crippen molar-refractivity contribution in [1.82, 2.24) is 14.9 Å². The lowest BCUT2D eigenvalue weighted by atomic mass is 10.2. The number of urea groups is 1. The average molecular weight is 445 g/mol. The van der Waals surface area contributed by atoms with E-state index in [4.69, 9.17) is 4.74 Å². The summed E-state index contributed by atoms with van der Waals surface area (Å²) < 4.78 is 46.3. The smallest absolute Gasteiger partial charge is 0.437 e. The molecule has 0 spiro atoms. The van der Waals surface area contributed by atoms with E-state index >= 15 is 0 Å². The molecule has 1 aromatic heterocycles. The minimum atomic E-state index is -4.63. The number of piperazine rings is 1. The second-order valence-electron chi connectivity index (χ2n) is 7.24. The van der Waals surface area contributed by atoms with Crippen molar-refractivity contribution in [2.45, 2.75) is 13.1 Å². The Hall–Kier alpha value is -3.56. The molecule has 0 atom stereocenters. The molecule has 3 aromatic rings. The molecule has 168 valence electrons. The minimum absolute atomic E-state index is 0.192. The van der Waals surface area contributed by atoms with Crippen LogP contribution >= 0.6 is 0 Å². The number of alkyl halides is 3. The first-order chi connectivity index (χ1) is 15.3. The van der Waals surface area contributed by atoms with Gasteiger partial charge in [0.25, 0.3) is 0 Å². The molecule has 4 rings (SSSR count). The number of nitrogens with zero attached hydrogens (tertiary/aromatic N) is 4. The lowest BCUT2D eigenvalue weighted by Gasteiger charge is -2.36. The van der Waals surface area contributed by atoms with Crippen molar-refractivity contribution in [3.8, 4) is 5.75 Å². The van der Waals surface area contributed by atoms with Gasteiger partial charge >= 0.3 is 12.2 Å². The Morgan fingerprint density at radius 3 is 2.22 bits per heavy atom. The fraction of sp³-hybridized carbons (Fsp3) is 0.318. The van der Waals surface area contributed by atoms with Crippen LogP contribution in [0, 0.1) is 0 Å². The van der Waals surface area contributed by atoms with Crippen molar-refractivity contribution < 1.29 is 22.7 Å². The quantitative estimate of drug-likeness (QED) is 0.645. The molecule has 2 aromatic carbocycles. The summed E-state index contributed by atoms with van der Waals surface area (Å²) in [6, 6.07) is 13.1. The first-order valence-corrected chi connectivity index (χ1v) is 10.2. The van der Waals surface area contributed by atoms with Crippen LogP contribution in [0.2, 0.25) is 0 Å². The van der Waals surface area contributed by atoms with E-state index in [1.165, 1.54) is 11.0 Å². The molecule has 0 radical (unpaired) electrons. The highest BCUT2D eigenvalue weighted by Gasteiger charge is 2.39. The van der Waals surface area contributed by atoms with E-state index in [0.29, 0.717) is 23.6 Å². The predicted molar refractivity (Wildman–Crippen MR) is 115 cm³/mol. The molecule has 1 saturated heterocycles. The summed E-state index contributed by atoms with van der Waals surface area (Å²) in [5.41, 5.74) is 0.187. The predicted octanol–water partition coefficient (Wildman–Crippen LogP) is 4.40. The van der Waals surface area contributed by atoms with Gasteiger partial charge in [-0.1, -0.05) is 12.1 Å². The number of carbonyl (C=O) groups excluding carboxylic acids is 1. The van der Waals surface area contributed by atoms with Crippen molar-refractivity contribution in [2.75, 3.05) is 43.0 Å². The first-order valence-electron chi connectivity index (χ1n) is 10.2. The Labute approximate surface area is 182 Å². The molecular weight excluding hydrogens is 423 g/mol. The van der Waals surface area contributed by atoms with Gasteiger partial charge in [0.05, 0.1) is 17.6 Å². The number of ether oxygens (including phenoxy) is 1. The number of hydrogen-bond acceptors (Lipinski definition) is 5. The Morgan fingerprint density at radius 2 is 1.62 bits per heavy atom. The lowest BCUT2D eigenvalue weighted by Crippen LogP contribution is -2.50. The van der Waals surface area contributed by atoms with Gasteiger partial charge in [0, 0.05) is 31.9 Å². The summed E-state index contributed by atoms with van der Waals surface area (Å²) >= 11 is 0. The second-order valence-corrected chi connectivity index (χ2v) is 7.24. The summed E-state index contributed by atoms with van der Waals surface area (Å²) in [4.78, 5) is 23.7. The highest BCUT2D eigenvalue weighted by molar-refractivity contribution is 5.89. The van der Waals surface area contributed by atoms with E-state index in [1.54, 1.807) is 47.4 Å². The van der Waals surface area contributed by atoms with Crippen LogP contribution in [0.3, 0.4) is 0 Å². The van der Waals surface area contributed by atoms with Gasteiger partial charge in [-0.3, -0.25) is 0 Å². The van der Waals surface area contributed by atoms with Crippen LogP contribution in [-0.2, 0) is 6.18 Å². The van der Waals surface area contributed by atoms with E-state index in [1.807, 2.05) is 6.92 Å². The number of nitrogens with one attached hydrogen (secondary N) is 1. The number of halogens is 3. The van der Waals surface area contributed by atoms with Crippen LogP contribution < -0.4 is 15.0 Å². The van der Waals surface area contributed by atoms with Crippen LogP contribution in [0.5, 0.6) is 5.75 Å². The number of benzene rings is 2. The molecule has 0 bridgehead atoms. The monoisotopic (exact) mass is 445 g/mol. The largest absolute Gasteiger partial charge is 0.494 e. The first kappa shape index (κ1) is 21.7. The molecule has 0 saturated carbocycles. The molecule has 1 aliphatic rings. The second kappa shape index (κ2) is 8.89. The summed E-state index contributed by atoms with van der Waals surface area (Å²) in [5.74, 6) is 0.499. The van der Waals surface area contributed by atoms with E-state index in [9.17, 15) is 18.0 Å². The maximum atomic E-state index is 13.6. The van der Waals surface area contributed by atoms with Crippen LogP contribution in [0.1, 0.15) is 12.6 Å². The van der Waals surface area contributed by atoms with E-state index in [-0.39, 0.29) is 43.5 Å². The zero-order chi connectivity index (χ0) is 22.7. The molecule has 7 nitrogen and oxygen atoms in total. The van der Waals surface area contributed by atoms with Crippen molar-refractivity contribution in [3.63, 3.8) is 0 Å². The topological polar surface area (TPSA) is 70.6 Å². The molecule has 2 heterocycles. The van der Waals surface area contributed by atoms with Crippen molar-refractivity contribution in [3.05, 3.63) is 54.2 Å². The van der Waals surface area contributed by atoms with Crippen molar-refractivity contribution in [1.29, 1.82) is 0 Å². The number of hydrogen-bond donors (Lipinski definition) is 1. The zero-order valence-electron chi connectivity index (χ0n) is 17.4. The Balaban J connectivity index is 1.45. The minimum Gasteiger partial charge on any atom is -0.494 e. The zero-order valence-corrected chi connectivity index (χ0v) is 17.4. The number of rotatable bonds is 4. The Bertz CT molecular complexity index is 1100. The molecule has 0 unspecified atom stereocenters.